The Labute approximate surface area is 101 Å². The SMILES string of the molecule is Cc1ccc(N)cc1SCC1(O)CCCC1. The van der Waals surface area contributed by atoms with Crippen molar-refractivity contribution < 1.29 is 5.11 Å². The first kappa shape index (κ1) is 11.8. The molecule has 0 spiro atoms. The van der Waals surface area contributed by atoms with Gasteiger partial charge in [0.25, 0.3) is 0 Å². The highest BCUT2D eigenvalue weighted by Crippen LogP contribution is 2.35. The van der Waals surface area contributed by atoms with Gasteiger partial charge in [-0.25, -0.2) is 0 Å². The van der Waals surface area contributed by atoms with E-state index in [1.165, 1.54) is 10.5 Å². The number of aliphatic hydroxyl groups is 1. The van der Waals surface area contributed by atoms with E-state index in [1.807, 2.05) is 18.2 Å². The van der Waals surface area contributed by atoms with Crippen LogP contribution in [-0.4, -0.2) is 16.5 Å². The number of thioether (sulfide) groups is 1. The molecule has 1 saturated carbocycles. The van der Waals surface area contributed by atoms with Crippen LogP contribution in [0.3, 0.4) is 0 Å². The number of anilines is 1. The number of rotatable bonds is 3. The van der Waals surface area contributed by atoms with Crippen molar-refractivity contribution in [3.63, 3.8) is 0 Å². The average Bonchev–Trinajstić information content (AvgIpc) is 2.67. The van der Waals surface area contributed by atoms with Gasteiger partial charge in [0.2, 0.25) is 0 Å². The van der Waals surface area contributed by atoms with Gasteiger partial charge in [0.1, 0.15) is 0 Å². The third-order valence-electron chi connectivity index (χ3n) is 3.24. The zero-order valence-corrected chi connectivity index (χ0v) is 10.5. The van der Waals surface area contributed by atoms with Crippen molar-refractivity contribution in [2.24, 2.45) is 0 Å². The van der Waals surface area contributed by atoms with E-state index in [0.717, 1.165) is 37.1 Å². The van der Waals surface area contributed by atoms with E-state index < -0.39 is 5.60 Å². The van der Waals surface area contributed by atoms with E-state index in [9.17, 15) is 5.11 Å². The quantitative estimate of drug-likeness (QED) is 0.627. The van der Waals surface area contributed by atoms with Crippen LogP contribution in [0.25, 0.3) is 0 Å². The van der Waals surface area contributed by atoms with E-state index in [4.69, 9.17) is 5.73 Å². The summed E-state index contributed by atoms with van der Waals surface area (Å²) in [5, 5.41) is 10.3. The maximum absolute atomic E-state index is 10.3. The minimum Gasteiger partial charge on any atom is -0.399 e. The van der Waals surface area contributed by atoms with Crippen LogP contribution in [0.2, 0.25) is 0 Å². The maximum atomic E-state index is 10.3. The summed E-state index contributed by atoms with van der Waals surface area (Å²) in [6.45, 7) is 2.08. The molecule has 1 aromatic rings. The molecule has 0 heterocycles. The molecular formula is C13H19NOS. The molecule has 1 aliphatic rings. The molecule has 0 aliphatic heterocycles. The van der Waals surface area contributed by atoms with Crippen molar-refractivity contribution in [2.75, 3.05) is 11.5 Å². The summed E-state index contributed by atoms with van der Waals surface area (Å²) in [6.07, 6.45) is 4.21. The van der Waals surface area contributed by atoms with Crippen molar-refractivity contribution >= 4 is 17.4 Å². The highest BCUT2D eigenvalue weighted by atomic mass is 32.2. The second-order valence-electron chi connectivity index (χ2n) is 4.75. The highest BCUT2D eigenvalue weighted by molar-refractivity contribution is 7.99. The number of hydrogen-bond donors (Lipinski definition) is 2. The summed E-state index contributed by atoms with van der Waals surface area (Å²) in [5.74, 6) is 0.789. The summed E-state index contributed by atoms with van der Waals surface area (Å²) in [4.78, 5) is 1.19. The summed E-state index contributed by atoms with van der Waals surface area (Å²) in [6, 6.07) is 5.96. The molecule has 2 nitrogen and oxygen atoms in total. The Balaban J connectivity index is 2.01. The number of aryl methyl sites for hydroxylation is 1. The Morgan fingerprint density at radius 3 is 2.75 bits per heavy atom. The molecule has 16 heavy (non-hydrogen) atoms. The second kappa shape index (κ2) is 4.68. The van der Waals surface area contributed by atoms with E-state index in [0.29, 0.717) is 0 Å². The first-order valence-corrected chi connectivity index (χ1v) is 6.79. The molecule has 0 saturated heterocycles. The monoisotopic (exact) mass is 237 g/mol. The molecule has 0 atom stereocenters. The molecule has 0 unspecified atom stereocenters. The van der Waals surface area contributed by atoms with Gasteiger partial charge in [-0.1, -0.05) is 18.9 Å². The van der Waals surface area contributed by atoms with Crippen molar-refractivity contribution in [2.45, 2.75) is 43.1 Å². The highest BCUT2D eigenvalue weighted by Gasteiger charge is 2.30. The zero-order valence-electron chi connectivity index (χ0n) is 9.70. The molecule has 0 bridgehead atoms. The van der Waals surface area contributed by atoms with Gasteiger partial charge in [-0.3, -0.25) is 0 Å². The summed E-state index contributed by atoms with van der Waals surface area (Å²) in [5.41, 5.74) is 7.36. The van der Waals surface area contributed by atoms with Crippen molar-refractivity contribution in [1.82, 2.24) is 0 Å². The Hall–Kier alpha value is -0.670. The maximum Gasteiger partial charge on any atom is 0.0741 e. The topological polar surface area (TPSA) is 46.2 Å². The van der Waals surface area contributed by atoms with Crippen LogP contribution in [-0.2, 0) is 0 Å². The van der Waals surface area contributed by atoms with Gasteiger partial charge in [0.15, 0.2) is 0 Å². The number of nitrogens with two attached hydrogens (primary N) is 1. The minimum absolute atomic E-state index is 0.443. The minimum atomic E-state index is -0.443. The van der Waals surface area contributed by atoms with Gasteiger partial charge in [-0.2, -0.15) is 0 Å². The fraction of sp³-hybridized carbons (Fsp3) is 0.538. The van der Waals surface area contributed by atoms with Gasteiger partial charge in [-0.15, -0.1) is 11.8 Å². The molecule has 1 fully saturated rings. The molecule has 0 radical (unpaired) electrons. The summed E-state index contributed by atoms with van der Waals surface area (Å²) >= 11 is 1.73. The fourth-order valence-corrected chi connectivity index (χ4v) is 3.39. The van der Waals surface area contributed by atoms with Gasteiger partial charge in [0.05, 0.1) is 5.60 Å². The van der Waals surface area contributed by atoms with Crippen LogP contribution in [0, 0.1) is 6.92 Å². The lowest BCUT2D eigenvalue weighted by atomic mass is 10.1. The first-order chi connectivity index (χ1) is 7.59. The van der Waals surface area contributed by atoms with Crippen molar-refractivity contribution in [3.05, 3.63) is 23.8 Å². The standard InChI is InChI=1S/C13H19NOS/c1-10-4-5-11(14)8-12(10)16-9-13(15)6-2-3-7-13/h4-5,8,15H,2-3,6-7,9,14H2,1H3. The second-order valence-corrected chi connectivity index (χ2v) is 5.76. The van der Waals surface area contributed by atoms with Gasteiger partial charge in [0, 0.05) is 16.3 Å². The van der Waals surface area contributed by atoms with Crippen LogP contribution in [0.4, 0.5) is 5.69 Å². The van der Waals surface area contributed by atoms with Gasteiger partial charge < -0.3 is 10.8 Å². The molecule has 1 aliphatic carbocycles. The summed E-state index contributed by atoms with van der Waals surface area (Å²) in [7, 11) is 0. The fourth-order valence-electron chi connectivity index (χ4n) is 2.16. The lowest BCUT2D eigenvalue weighted by molar-refractivity contribution is 0.0732. The molecule has 3 heteroatoms. The van der Waals surface area contributed by atoms with Crippen LogP contribution < -0.4 is 5.73 Å². The van der Waals surface area contributed by atoms with E-state index in [1.54, 1.807) is 11.8 Å². The molecule has 88 valence electrons. The van der Waals surface area contributed by atoms with E-state index >= 15 is 0 Å². The predicted octanol–water partition coefficient (Wildman–Crippen LogP) is 2.97. The lowest BCUT2D eigenvalue weighted by Crippen LogP contribution is -2.27. The van der Waals surface area contributed by atoms with Crippen LogP contribution in [0.15, 0.2) is 23.1 Å². The Morgan fingerprint density at radius 1 is 1.38 bits per heavy atom. The Morgan fingerprint density at radius 2 is 2.06 bits per heavy atom. The van der Waals surface area contributed by atoms with Crippen molar-refractivity contribution in [3.8, 4) is 0 Å². The first-order valence-electron chi connectivity index (χ1n) is 5.80. The van der Waals surface area contributed by atoms with Crippen LogP contribution in [0.1, 0.15) is 31.2 Å². The van der Waals surface area contributed by atoms with Crippen LogP contribution >= 0.6 is 11.8 Å². The van der Waals surface area contributed by atoms with E-state index in [-0.39, 0.29) is 0 Å². The van der Waals surface area contributed by atoms with Gasteiger partial charge in [-0.05, 0) is 37.5 Å². The largest absolute Gasteiger partial charge is 0.399 e. The van der Waals surface area contributed by atoms with E-state index in [2.05, 4.69) is 6.92 Å². The predicted molar refractivity (Wildman–Crippen MR) is 69.7 cm³/mol. The molecule has 2 rings (SSSR count). The molecule has 3 N–H and O–H groups in total. The van der Waals surface area contributed by atoms with Crippen molar-refractivity contribution in [1.29, 1.82) is 0 Å². The normalized spacial score (nSPS) is 18.9. The molecule has 0 amide bonds. The molecule has 1 aromatic carbocycles. The number of benzene rings is 1. The Bertz CT molecular complexity index is 372. The lowest BCUT2D eigenvalue weighted by Gasteiger charge is -2.21. The molecule has 0 aromatic heterocycles. The smallest absolute Gasteiger partial charge is 0.0741 e. The third kappa shape index (κ3) is 2.71. The Kier molecular flexibility index (Phi) is 3.45. The van der Waals surface area contributed by atoms with Crippen LogP contribution in [0.5, 0.6) is 0 Å². The average molecular weight is 237 g/mol. The summed E-state index contributed by atoms with van der Waals surface area (Å²) < 4.78 is 0. The number of nitrogen functional groups attached to an aromatic ring is 1. The zero-order chi connectivity index (χ0) is 11.6. The molecular weight excluding hydrogens is 218 g/mol. The number of hydrogen-bond acceptors (Lipinski definition) is 3. The van der Waals surface area contributed by atoms with Gasteiger partial charge >= 0.3 is 0 Å². The third-order valence-corrected chi connectivity index (χ3v) is 4.68.